The molecule has 0 radical (unpaired) electrons. The summed E-state index contributed by atoms with van der Waals surface area (Å²) in [7, 11) is 0. The Balaban J connectivity index is 2.60. The van der Waals surface area contributed by atoms with Crippen molar-refractivity contribution in [2.75, 3.05) is 31.2 Å². The lowest BCUT2D eigenvalue weighted by atomic mass is 10.1. The van der Waals surface area contributed by atoms with Crippen LogP contribution in [-0.2, 0) is 0 Å². The van der Waals surface area contributed by atoms with E-state index in [2.05, 4.69) is 12.2 Å². The fourth-order valence-corrected chi connectivity index (χ4v) is 2.37. The maximum absolute atomic E-state index is 11.9. The Morgan fingerprint density at radius 1 is 1.17 bits per heavy atom. The van der Waals surface area contributed by atoms with E-state index < -0.39 is 6.09 Å². The van der Waals surface area contributed by atoms with Gasteiger partial charge < -0.3 is 25.2 Å². The first-order valence-electron chi connectivity index (χ1n) is 8.19. The highest BCUT2D eigenvalue weighted by Crippen LogP contribution is 2.19. The summed E-state index contributed by atoms with van der Waals surface area (Å²) in [5.74, 6) is 0.463. The summed E-state index contributed by atoms with van der Waals surface area (Å²) >= 11 is 0. The van der Waals surface area contributed by atoms with Gasteiger partial charge in [0.25, 0.3) is 0 Å². The van der Waals surface area contributed by atoms with E-state index in [0.717, 1.165) is 24.9 Å². The SMILES string of the molecule is CCC[C@@H](CC)NC(=O)Oc1ccc(N(CCO)CCO)cc1. The zero-order valence-corrected chi connectivity index (χ0v) is 14.0. The molecule has 0 aliphatic rings. The van der Waals surface area contributed by atoms with Crippen LogP contribution in [0.15, 0.2) is 24.3 Å². The highest BCUT2D eigenvalue weighted by molar-refractivity contribution is 5.71. The van der Waals surface area contributed by atoms with Crippen molar-refractivity contribution < 1.29 is 19.7 Å². The van der Waals surface area contributed by atoms with Crippen molar-refractivity contribution >= 4 is 11.8 Å². The van der Waals surface area contributed by atoms with Crippen LogP contribution in [0.4, 0.5) is 10.5 Å². The van der Waals surface area contributed by atoms with E-state index in [1.807, 2.05) is 11.8 Å². The van der Waals surface area contributed by atoms with Crippen molar-refractivity contribution in [2.24, 2.45) is 0 Å². The van der Waals surface area contributed by atoms with Crippen LogP contribution < -0.4 is 15.0 Å². The number of anilines is 1. The molecular weight excluding hydrogens is 296 g/mol. The predicted molar refractivity (Wildman–Crippen MR) is 91.0 cm³/mol. The number of carbonyl (C=O) groups excluding carboxylic acids is 1. The van der Waals surface area contributed by atoms with Crippen molar-refractivity contribution in [3.8, 4) is 5.75 Å². The van der Waals surface area contributed by atoms with Gasteiger partial charge >= 0.3 is 6.09 Å². The maximum atomic E-state index is 11.9. The van der Waals surface area contributed by atoms with Crippen LogP contribution in [0.1, 0.15) is 33.1 Å². The third-order valence-electron chi connectivity index (χ3n) is 3.60. The quantitative estimate of drug-likeness (QED) is 0.614. The van der Waals surface area contributed by atoms with Gasteiger partial charge in [-0.2, -0.15) is 0 Å². The molecule has 0 spiro atoms. The van der Waals surface area contributed by atoms with Gasteiger partial charge in [-0.25, -0.2) is 4.79 Å². The molecule has 3 N–H and O–H groups in total. The van der Waals surface area contributed by atoms with E-state index in [4.69, 9.17) is 14.9 Å². The van der Waals surface area contributed by atoms with E-state index in [-0.39, 0.29) is 19.3 Å². The van der Waals surface area contributed by atoms with E-state index in [1.54, 1.807) is 24.3 Å². The Morgan fingerprint density at radius 2 is 1.78 bits per heavy atom. The van der Waals surface area contributed by atoms with Gasteiger partial charge in [0.1, 0.15) is 5.75 Å². The standard InChI is InChI=1S/C17H28N2O4/c1-3-5-14(4-2)18-17(22)23-16-8-6-15(7-9-16)19(10-12-20)11-13-21/h6-9,14,20-21H,3-5,10-13H2,1-2H3,(H,18,22)/t14-/m1/s1. The molecule has 1 amide bonds. The van der Waals surface area contributed by atoms with Crippen molar-refractivity contribution in [3.05, 3.63) is 24.3 Å². The van der Waals surface area contributed by atoms with Crippen LogP contribution in [0.3, 0.4) is 0 Å². The lowest BCUT2D eigenvalue weighted by molar-refractivity contribution is 0.194. The van der Waals surface area contributed by atoms with E-state index in [1.165, 1.54) is 0 Å². The molecule has 0 bridgehead atoms. The first kappa shape index (κ1) is 19.3. The molecule has 6 heteroatoms. The molecule has 0 heterocycles. The molecule has 1 aromatic carbocycles. The van der Waals surface area contributed by atoms with Crippen LogP contribution >= 0.6 is 0 Å². The molecule has 1 rings (SSSR count). The topological polar surface area (TPSA) is 82.0 Å². The Hall–Kier alpha value is -1.79. The van der Waals surface area contributed by atoms with Gasteiger partial charge in [0, 0.05) is 24.8 Å². The lowest BCUT2D eigenvalue weighted by Crippen LogP contribution is -2.36. The van der Waals surface area contributed by atoms with Crippen LogP contribution in [-0.4, -0.2) is 48.7 Å². The van der Waals surface area contributed by atoms with E-state index >= 15 is 0 Å². The first-order valence-corrected chi connectivity index (χ1v) is 8.19. The zero-order valence-electron chi connectivity index (χ0n) is 14.0. The second kappa shape index (κ2) is 10.9. The summed E-state index contributed by atoms with van der Waals surface area (Å²) < 4.78 is 5.28. The minimum Gasteiger partial charge on any atom is -0.410 e. The molecule has 0 saturated heterocycles. The number of hydrogen-bond donors (Lipinski definition) is 3. The van der Waals surface area contributed by atoms with Crippen molar-refractivity contribution in [1.82, 2.24) is 5.32 Å². The number of amides is 1. The van der Waals surface area contributed by atoms with Gasteiger partial charge in [-0.15, -0.1) is 0 Å². The molecule has 0 fully saturated rings. The number of nitrogens with zero attached hydrogens (tertiary/aromatic N) is 1. The second-order valence-corrected chi connectivity index (χ2v) is 5.36. The number of aliphatic hydroxyl groups excluding tert-OH is 2. The minimum atomic E-state index is -0.444. The monoisotopic (exact) mass is 324 g/mol. The smallest absolute Gasteiger partial charge is 0.410 e. The third kappa shape index (κ3) is 6.88. The van der Waals surface area contributed by atoms with Crippen LogP contribution in [0.25, 0.3) is 0 Å². The third-order valence-corrected chi connectivity index (χ3v) is 3.60. The molecule has 0 saturated carbocycles. The molecule has 0 aromatic heterocycles. The van der Waals surface area contributed by atoms with Crippen LogP contribution in [0.5, 0.6) is 5.75 Å². The Morgan fingerprint density at radius 3 is 2.26 bits per heavy atom. The van der Waals surface area contributed by atoms with Crippen molar-refractivity contribution in [2.45, 2.75) is 39.2 Å². The van der Waals surface area contributed by atoms with Gasteiger partial charge in [-0.3, -0.25) is 0 Å². The van der Waals surface area contributed by atoms with Crippen molar-refractivity contribution in [3.63, 3.8) is 0 Å². The Labute approximate surface area is 138 Å². The summed E-state index contributed by atoms with van der Waals surface area (Å²) in [5, 5.41) is 21.0. The summed E-state index contributed by atoms with van der Waals surface area (Å²) in [5.41, 5.74) is 0.860. The molecule has 6 nitrogen and oxygen atoms in total. The fourth-order valence-electron chi connectivity index (χ4n) is 2.37. The van der Waals surface area contributed by atoms with Gasteiger partial charge in [0.05, 0.1) is 13.2 Å². The van der Waals surface area contributed by atoms with E-state index in [9.17, 15) is 4.79 Å². The van der Waals surface area contributed by atoms with E-state index in [0.29, 0.717) is 18.8 Å². The number of nitrogens with one attached hydrogen (secondary N) is 1. The molecule has 0 aliphatic carbocycles. The molecule has 130 valence electrons. The molecular formula is C17H28N2O4. The maximum Gasteiger partial charge on any atom is 0.412 e. The summed E-state index contributed by atoms with van der Waals surface area (Å²) in [4.78, 5) is 13.7. The summed E-state index contributed by atoms with van der Waals surface area (Å²) in [6.07, 6.45) is 2.38. The molecule has 0 unspecified atom stereocenters. The number of hydrogen-bond acceptors (Lipinski definition) is 5. The average molecular weight is 324 g/mol. The summed E-state index contributed by atoms with van der Waals surface area (Å²) in [6, 6.07) is 7.15. The Bertz CT molecular complexity index is 444. The lowest BCUT2D eigenvalue weighted by Gasteiger charge is -2.23. The normalized spacial score (nSPS) is 11.8. The predicted octanol–water partition coefficient (Wildman–Crippen LogP) is 2.14. The fraction of sp³-hybridized carbons (Fsp3) is 0.588. The number of carbonyl (C=O) groups is 1. The first-order chi connectivity index (χ1) is 11.1. The van der Waals surface area contributed by atoms with Crippen LogP contribution in [0, 0.1) is 0 Å². The molecule has 23 heavy (non-hydrogen) atoms. The zero-order chi connectivity index (χ0) is 17.1. The number of aliphatic hydroxyl groups is 2. The van der Waals surface area contributed by atoms with Gasteiger partial charge in [-0.05, 0) is 37.1 Å². The Kier molecular flexibility index (Phi) is 9.09. The second-order valence-electron chi connectivity index (χ2n) is 5.36. The highest BCUT2D eigenvalue weighted by atomic mass is 16.6. The number of rotatable bonds is 10. The molecule has 0 aliphatic heterocycles. The average Bonchev–Trinajstić information content (AvgIpc) is 2.55. The molecule has 1 atom stereocenters. The largest absolute Gasteiger partial charge is 0.412 e. The number of ether oxygens (including phenoxy) is 1. The number of benzene rings is 1. The van der Waals surface area contributed by atoms with Crippen LogP contribution in [0.2, 0.25) is 0 Å². The van der Waals surface area contributed by atoms with Gasteiger partial charge in [0.15, 0.2) is 0 Å². The summed E-state index contributed by atoms with van der Waals surface area (Å²) in [6.45, 7) is 5.02. The minimum absolute atomic E-state index is 0.0104. The van der Waals surface area contributed by atoms with Gasteiger partial charge in [-0.1, -0.05) is 20.3 Å². The van der Waals surface area contributed by atoms with Crippen molar-refractivity contribution in [1.29, 1.82) is 0 Å². The molecule has 1 aromatic rings. The highest BCUT2D eigenvalue weighted by Gasteiger charge is 2.12. The van der Waals surface area contributed by atoms with Gasteiger partial charge in [0.2, 0.25) is 0 Å².